The molecule has 2 aliphatic heterocycles. The molecule has 2 aromatic carbocycles. The van der Waals surface area contributed by atoms with Crippen molar-refractivity contribution in [1.82, 2.24) is 0 Å². The molecule has 4 rings (SSSR count). The molecule has 7 N–H and O–H groups in total. The number of aromatic hydroxyl groups is 2. The number of carbonyl (C=O) groups excluding carboxylic acids is 1. The van der Waals surface area contributed by atoms with E-state index in [2.05, 4.69) is 0 Å². The second kappa shape index (κ2) is 9.25. The molecule has 7 atom stereocenters. The minimum absolute atomic E-state index is 0.0493. The zero-order chi connectivity index (χ0) is 24.7. The Hall–Kier alpha value is -3.13. The van der Waals surface area contributed by atoms with Gasteiger partial charge in [0, 0.05) is 12.1 Å². The Morgan fingerprint density at radius 1 is 0.971 bits per heavy atom. The van der Waals surface area contributed by atoms with Crippen LogP contribution < -0.4 is 14.2 Å². The number of phenols is 2. The smallest absolute Gasteiger partial charge is 0.229 e. The first-order valence-electron chi connectivity index (χ1n) is 10.3. The van der Waals surface area contributed by atoms with Crippen molar-refractivity contribution in [3.8, 4) is 28.7 Å². The van der Waals surface area contributed by atoms with Crippen LogP contribution in [0.3, 0.4) is 0 Å². The first kappa shape index (κ1) is 24.0. The van der Waals surface area contributed by atoms with E-state index in [9.17, 15) is 40.5 Å². The zero-order valence-electron chi connectivity index (χ0n) is 17.8. The van der Waals surface area contributed by atoms with Gasteiger partial charge in [0.05, 0.1) is 13.7 Å². The number of ether oxygens (including phenoxy) is 4. The van der Waals surface area contributed by atoms with Gasteiger partial charge < -0.3 is 54.7 Å². The van der Waals surface area contributed by atoms with E-state index >= 15 is 0 Å². The molecule has 0 bridgehead atoms. The van der Waals surface area contributed by atoms with Crippen LogP contribution in [0.5, 0.6) is 28.7 Å². The van der Waals surface area contributed by atoms with Crippen LogP contribution in [0, 0.1) is 0 Å². The molecule has 0 radical (unpaired) electrons. The third-order valence-electron chi connectivity index (χ3n) is 5.75. The number of hydrogen-bond acceptors (Lipinski definition) is 12. The van der Waals surface area contributed by atoms with Gasteiger partial charge >= 0.3 is 0 Å². The van der Waals surface area contributed by atoms with Gasteiger partial charge in [0.15, 0.2) is 23.7 Å². The number of rotatable bonds is 5. The Kier molecular flexibility index (Phi) is 6.53. The molecule has 1 fully saturated rings. The molecular formula is C22H24O12. The second-order valence-corrected chi connectivity index (χ2v) is 7.91. The van der Waals surface area contributed by atoms with E-state index in [1.165, 1.54) is 31.4 Å². The predicted octanol–water partition coefficient (Wildman–Crippen LogP) is -1.04. The van der Waals surface area contributed by atoms with Gasteiger partial charge in [0.2, 0.25) is 12.1 Å². The van der Waals surface area contributed by atoms with Gasteiger partial charge in [-0.2, -0.15) is 0 Å². The summed E-state index contributed by atoms with van der Waals surface area (Å²) in [5, 5.41) is 69.6. The number of methoxy groups -OCH3 is 1. The van der Waals surface area contributed by atoms with Crippen LogP contribution in [-0.2, 0) is 4.74 Å². The fourth-order valence-electron chi connectivity index (χ4n) is 3.86. The highest BCUT2D eigenvalue weighted by Gasteiger charge is 2.46. The van der Waals surface area contributed by atoms with Crippen LogP contribution in [0.4, 0.5) is 0 Å². The Morgan fingerprint density at radius 3 is 2.35 bits per heavy atom. The number of hydrogen-bond donors (Lipinski definition) is 7. The highest BCUT2D eigenvalue weighted by molar-refractivity contribution is 6.05. The van der Waals surface area contributed by atoms with Crippen LogP contribution in [-0.4, -0.2) is 92.1 Å². The number of phenolic OH excluding ortho intramolecular Hbond substituents is 2. The van der Waals surface area contributed by atoms with Crippen molar-refractivity contribution in [2.24, 2.45) is 0 Å². The Balaban J connectivity index is 1.71. The molecule has 2 aliphatic rings. The van der Waals surface area contributed by atoms with Gasteiger partial charge in [-0.3, -0.25) is 4.79 Å². The van der Waals surface area contributed by atoms with E-state index in [0.29, 0.717) is 0 Å². The number of ketones is 1. The first-order valence-corrected chi connectivity index (χ1v) is 10.3. The predicted molar refractivity (Wildman–Crippen MR) is 111 cm³/mol. The minimum atomic E-state index is -1.74. The molecule has 0 aromatic heterocycles. The summed E-state index contributed by atoms with van der Waals surface area (Å²) in [4.78, 5) is 13.1. The highest BCUT2D eigenvalue weighted by Crippen LogP contribution is 2.44. The maximum Gasteiger partial charge on any atom is 0.229 e. The quantitative estimate of drug-likeness (QED) is 0.257. The molecule has 0 spiro atoms. The lowest BCUT2D eigenvalue weighted by molar-refractivity contribution is -0.277. The molecule has 12 heteroatoms. The Bertz CT molecular complexity index is 1070. The molecule has 2 heterocycles. The van der Waals surface area contributed by atoms with Crippen molar-refractivity contribution in [1.29, 1.82) is 0 Å². The average Bonchev–Trinajstić information content (AvgIpc) is 2.83. The number of aliphatic hydroxyl groups excluding tert-OH is 5. The highest BCUT2D eigenvalue weighted by atomic mass is 16.7. The monoisotopic (exact) mass is 480 g/mol. The number of carbonyl (C=O) groups is 1. The summed E-state index contributed by atoms with van der Waals surface area (Å²) < 4.78 is 22.0. The summed E-state index contributed by atoms with van der Waals surface area (Å²) in [5.41, 5.74) is 0.00512. The molecule has 34 heavy (non-hydrogen) atoms. The summed E-state index contributed by atoms with van der Waals surface area (Å²) in [7, 11) is 1.34. The van der Waals surface area contributed by atoms with E-state index < -0.39 is 66.8 Å². The summed E-state index contributed by atoms with van der Waals surface area (Å²) >= 11 is 0. The SMILES string of the molecule is COc1cc(O[C@@H]2O[C@H](CO)[C@@H](O)[C@H](O)[C@H]2O)c2c(c1)O[C@H](c1ccc(O)c(O)c1)[C@@H](O)C2=O. The van der Waals surface area contributed by atoms with Crippen LogP contribution in [0.2, 0.25) is 0 Å². The maximum absolute atomic E-state index is 13.1. The van der Waals surface area contributed by atoms with Gasteiger partial charge in [-0.15, -0.1) is 0 Å². The van der Waals surface area contributed by atoms with E-state index in [1.54, 1.807) is 0 Å². The van der Waals surface area contributed by atoms with E-state index in [4.69, 9.17) is 18.9 Å². The molecule has 12 nitrogen and oxygen atoms in total. The molecule has 0 aliphatic carbocycles. The molecule has 0 saturated carbocycles. The lowest BCUT2D eigenvalue weighted by Crippen LogP contribution is -2.60. The second-order valence-electron chi connectivity index (χ2n) is 7.91. The molecule has 0 unspecified atom stereocenters. The molecule has 0 amide bonds. The molecular weight excluding hydrogens is 456 g/mol. The van der Waals surface area contributed by atoms with Crippen molar-refractivity contribution in [2.75, 3.05) is 13.7 Å². The van der Waals surface area contributed by atoms with E-state index in [1.807, 2.05) is 0 Å². The third kappa shape index (κ3) is 4.11. The lowest BCUT2D eigenvalue weighted by atomic mass is 9.92. The van der Waals surface area contributed by atoms with Crippen molar-refractivity contribution >= 4 is 5.78 Å². The van der Waals surface area contributed by atoms with Crippen LogP contribution in [0.25, 0.3) is 0 Å². The lowest BCUT2D eigenvalue weighted by Gasteiger charge is -2.40. The van der Waals surface area contributed by atoms with Crippen molar-refractivity contribution < 1.29 is 59.5 Å². The van der Waals surface area contributed by atoms with Gasteiger partial charge in [0.1, 0.15) is 47.2 Å². The van der Waals surface area contributed by atoms with Gasteiger partial charge in [-0.05, 0) is 17.7 Å². The summed E-state index contributed by atoms with van der Waals surface area (Å²) in [6.07, 6.45) is -10.9. The fraction of sp³-hybridized carbons (Fsp3) is 0.409. The normalized spacial score (nSPS) is 30.9. The number of Topliss-reactive ketones (excluding diaryl/α,β-unsaturated/α-hetero) is 1. The Morgan fingerprint density at radius 2 is 1.71 bits per heavy atom. The third-order valence-corrected chi connectivity index (χ3v) is 5.75. The Labute approximate surface area is 192 Å². The maximum atomic E-state index is 13.1. The van der Waals surface area contributed by atoms with Crippen LogP contribution in [0.1, 0.15) is 22.0 Å². The van der Waals surface area contributed by atoms with Crippen LogP contribution in [0.15, 0.2) is 30.3 Å². The van der Waals surface area contributed by atoms with E-state index in [0.717, 1.165) is 6.07 Å². The van der Waals surface area contributed by atoms with Crippen LogP contribution >= 0.6 is 0 Å². The molecule has 2 aromatic rings. The van der Waals surface area contributed by atoms with Gasteiger partial charge in [0.25, 0.3) is 0 Å². The van der Waals surface area contributed by atoms with Gasteiger partial charge in [-0.25, -0.2) is 0 Å². The average molecular weight is 480 g/mol. The summed E-state index contributed by atoms with van der Waals surface area (Å²) in [6.45, 7) is -0.678. The molecule has 1 saturated heterocycles. The molecule has 184 valence electrons. The van der Waals surface area contributed by atoms with Gasteiger partial charge in [-0.1, -0.05) is 6.07 Å². The largest absolute Gasteiger partial charge is 0.504 e. The number of fused-ring (bicyclic) bond motifs is 1. The standard InChI is InChI=1S/C22H24O12/c1-31-9-5-12-15(13(6-9)33-22-20(30)18(28)16(26)14(7-23)34-22)17(27)19(29)21(32-12)8-2-3-10(24)11(25)4-8/h2-6,14,16,18-26,28-30H,7H2,1H3/t14-,16-,18+,19+,20-,21-,22-/m1/s1. The zero-order valence-corrected chi connectivity index (χ0v) is 17.8. The minimum Gasteiger partial charge on any atom is -0.504 e. The topological polar surface area (TPSA) is 196 Å². The van der Waals surface area contributed by atoms with Crippen molar-refractivity contribution in [2.45, 2.75) is 42.9 Å². The number of benzene rings is 2. The summed E-state index contributed by atoms with van der Waals surface area (Å²) in [6, 6.07) is 6.34. The van der Waals surface area contributed by atoms with E-state index in [-0.39, 0.29) is 28.4 Å². The fourth-order valence-corrected chi connectivity index (χ4v) is 3.86. The summed E-state index contributed by atoms with van der Waals surface area (Å²) in [5.74, 6) is -1.76. The number of aliphatic hydroxyl groups is 5. The van der Waals surface area contributed by atoms with Crippen molar-refractivity contribution in [3.63, 3.8) is 0 Å². The first-order chi connectivity index (χ1) is 16.2. The van der Waals surface area contributed by atoms with Crippen molar-refractivity contribution in [3.05, 3.63) is 41.5 Å².